The Balaban J connectivity index is 1.79. The smallest absolute Gasteiger partial charge is 0.496 e. The van der Waals surface area contributed by atoms with Crippen molar-refractivity contribution in [2.24, 2.45) is 11.3 Å². The zero-order chi connectivity index (χ0) is 25.5. The second-order valence-corrected chi connectivity index (χ2v) is 9.92. The number of benzene rings is 2. The third-order valence-corrected chi connectivity index (χ3v) is 6.31. The van der Waals surface area contributed by atoms with Gasteiger partial charge >= 0.3 is 12.3 Å². The van der Waals surface area contributed by atoms with Gasteiger partial charge in [-0.3, -0.25) is 0 Å². The number of anilines is 2. The minimum absolute atomic E-state index is 0.00203. The molecule has 0 unspecified atom stereocenters. The molecule has 1 fully saturated rings. The minimum Gasteiger partial charge on any atom is -0.496 e. The number of halogens is 3. The van der Waals surface area contributed by atoms with E-state index in [1.165, 1.54) is 37.4 Å². The molecule has 1 saturated carbocycles. The van der Waals surface area contributed by atoms with Crippen molar-refractivity contribution in [3.63, 3.8) is 0 Å². The molecule has 188 valence electrons. The van der Waals surface area contributed by atoms with E-state index in [1.807, 2.05) is 0 Å². The molecule has 1 aliphatic carbocycles. The van der Waals surface area contributed by atoms with Gasteiger partial charge < -0.3 is 24.5 Å². The Morgan fingerprint density at radius 3 is 2.46 bits per heavy atom. The zero-order valence-corrected chi connectivity index (χ0v) is 19.9. The quantitative estimate of drug-likeness (QED) is 0.396. The number of hydrogen-bond donors (Lipinski definition) is 2. The van der Waals surface area contributed by atoms with Crippen LogP contribution in [0.4, 0.5) is 24.8 Å². The number of rotatable bonds is 6. The molecular weight excluding hydrogens is 463 g/mol. The first kappa shape index (κ1) is 24.7. The number of aromatic carboxylic acids is 1. The van der Waals surface area contributed by atoms with Gasteiger partial charge in [0.25, 0.3) is 0 Å². The monoisotopic (exact) mass is 491 g/mol. The van der Waals surface area contributed by atoms with Gasteiger partial charge in [0.2, 0.25) is 5.95 Å². The highest BCUT2D eigenvalue weighted by Gasteiger charge is 2.35. The lowest BCUT2D eigenvalue weighted by atomic mass is 9.70. The van der Waals surface area contributed by atoms with E-state index >= 15 is 0 Å². The summed E-state index contributed by atoms with van der Waals surface area (Å²) in [6, 6.07) is 8.64. The van der Waals surface area contributed by atoms with Crippen LogP contribution in [-0.2, 0) is 0 Å². The summed E-state index contributed by atoms with van der Waals surface area (Å²) in [7, 11) is 1.42. The SMILES string of the molecule is COc1cc2c(cc1C(=O)O)nc(Nc1ccc(OC(F)(F)F)cc1)n2[C@@H]1C[C@H](C)CC(C)(C)C1. The number of hydrogen-bond acceptors (Lipinski definition) is 5. The molecule has 0 saturated heterocycles. The average Bonchev–Trinajstić information content (AvgIpc) is 3.08. The maximum absolute atomic E-state index is 12.5. The number of fused-ring (bicyclic) bond motifs is 1. The molecule has 1 aromatic heterocycles. The van der Waals surface area contributed by atoms with Crippen molar-refractivity contribution < 1.29 is 32.5 Å². The van der Waals surface area contributed by atoms with Crippen LogP contribution in [-0.4, -0.2) is 34.1 Å². The number of imidazole rings is 1. The summed E-state index contributed by atoms with van der Waals surface area (Å²) in [6.45, 7) is 6.66. The molecule has 0 amide bonds. The van der Waals surface area contributed by atoms with E-state index in [0.29, 0.717) is 23.1 Å². The Bertz CT molecular complexity index is 1240. The first-order valence-corrected chi connectivity index (χ1v) is 11.3. The van der Waals surface area contributed by atoms with Crippen molar-refractivity contribution in [3.8, 4) is 11.5 Å². The summed E-state index contributed by atoms with van der Waals surface area (Å²) in [5.74, 6) is -0.276. The summed E-state index contributed by atoms with van der Waals surface area (Å²) >= 11 is 0. The first-order chi connectivity index (χ1) is 16.3. The van der Waals surface area contributed by atoms with Crippen molar-refractivity contribution in [1.82, 2.24) is 9.55 Å². The third kappa shape index (κ3) is 5.47. The summed E-state index contributed by atoms with van der Waals surface area (Å²) in [5.41, 5.74) is 1.82. The van der Waals surface area contributed by atoms with Crippen LogP contribution in [0.15, 0.2) is 36.4 Å². The molecule has 1 aliphatic rings. The van der Waals surface area contributed by atoms with E-state index in [9.17, 15) is 23.1 Å². The van der Waals surface area contributed by atoms with Crippen LogP contribution in [0.3, 0.4) is 0 Å². The molecule has 35 heavy (non-hydrogen) atoms. The van der Waals surface area contributed by atoms with E-state index in [2.05, 4.69) is 40.4 Å². The van der Waals surface area contributed by atoms with Gasteiger partial charge in [0, 0.05) is 17.8 Å². The summed E-state index contributed by atoms with van der Waals surface area (Å²) in [5, 5.41) is 12.8. The molecule has 3 aromatic rings. The molecule has 1 heterocycles. The number of carbonyl (C=O) groups is 1. The highest BCUT2D eigenvalue weighted by atomic mass is 19.4. The Hall–Kier alpha value is -3.43. The van der Waals surface area contributed by atoms with Gasteiger partial charge in [0.1, 0.15) is 17.1 Å². The van der Waals surface area contributed by atoms with Crippen LogP contribution in [0, 0.1) is 11.3 Å². The van der Waals surface area contributed by atoms with Crippen LogP contribution in [0.2, 0.25) is 0 Å². The van der Waals surface area contributed by atoms with E-state index in [4.69, 9.17) is 4.74 Å². The second-order valence-electron chi connectivity index (χ2n) is 9.92. The molecule has 4 rings (SSSR count). The second kappa shape index (κ2) is 8.98. The highest BCUT2D eigenvalue weighted by Crippen LogP contribution is 2.46. The van der Waals surface area contributed by atoms with E-state index < -0.39 is 12.3 Å². The summed E-state index contributed by atoms with van der Waals surface area (Å²) in [6.07, 6.45) is -1.88. The molecule has 7 nitrogen and oxygen atoms in total. The maximum atomic E-state index is 12.5. The van der Waals surface area contributed by atoms with Crippen molar-refractivity contribution in [1.29, 1.82) is 0 Å². The maximum Gasteiger partial charge on any atom is 0.573 e. The summed E-state index contributed by atoms with van der Waals surface area (Å²) < 4.78 is 48.9. The molecule has 0 aliphatic heterocycles. The van der Waals surface area contributed by atoms with Gasteiger partial charge in [-0.2, -0.15) is 0 Å². The van der Waals surface area contributed by atoms with Gasteiger partial charge in [-0.05, 0) is 60.9 Å². The Morgan fingerprint density at radius 2 is 1.89 bits per heavy atom. The van der Waals surface area contributed by atoms with E-state index in [1.54, 1.807) is 6.07 Å². The Kier molecular flexibility index (Phi) is 6.33. The Morgan fingerprint density at radius 1 is 1.20 bits per heavy atom. The van der Waals surface area contributed by atoms with Gasteiger partial charge in [-0.15, -0.1) is 13.2 Å². The first-order valence-electron chi connectivity index (χ1n) is 11.3. The van der Waals surface area contributed by atoms with Crippen molar-refractivity contribution in [3.05, 3.63) is 42.0 Å². The average molecular weight is 492 g/mol. The number of methoxy groups -OCH3 is 1. The predicted octanol–water partition coefficient (Wildman–Crippen LogP) is 6.77. The largest absolute Gasteiger partial charge is 0.573 e. The zero-order valence-electron chi connectivity index (χ0n) is 19.9. The number of aromatic nitrogens is 2. The normalized spacial score (nSPS) is 20.0. The van der Waals surface area contributed by atoms with Gasteiger partial charge in [-0.1, -0.05) is 20.8 Å². The lowest BCUT2D eigenvalue weighted by Crippen LogP contribution is -2.29. The lowest BCUT2D eigenvalue weighted by molar-refractivity contribution is -0.274. The van der Waals surface area contributed by atoms with Crippen LogP contribution in [0.1, 0.15) is 56.4 Å². The number of alkyl halides is 3. The van der Waals surface area contributed by atoms with E-state index in [-0.39, 0.29) is 28.5 Å². The number of nitrogens with one attached hydrogen (secondary N) is 1. The van der Waals surface area contributed by atoms with Gasteiger partial charge in [-0.25, -0.2) is 9.78 Å². The summed E-state index contributed by atoms with van der Waals surface area (Å²) in [4.78, 5) is 16.4. The molecule has 0 bridgehead atoms. The predicted molar refractivity (Wildman–Crippen MR) is 125 cm³/mol. The number of carboxylic acid groups (broad SMARTS) is 1. The molecule has 2 N–H and O–H groups in total. The number of ether oxygens (including phenoxy) is 2. The van der Waals surface area contributed by atoms with Crippen LogP contribution >= 0.6 is 0 Å². The third-order valence-electron chi connectivity index (χ3n) is 6.31. The molecule has 2 aromatic carbocycles. The topological polar surface area (TPSA) is 85.6 Å². The molecule has 10 heteroatoms. The van der Waals surface area contributed by atoms with Gasteiger partial charge in [0.15, 0.2) is 0 Å². The van der Waals surface area contributed by atoms with Gasteiger partial charge in [0.05, 0.1) is 18.1 Å². The van der Waals surface area contributed by atoms with Crippen LogP contribution < -0.4 is 14.8 Å². The molecular formula is C25H28F3N3O4. The van der Waals surface area contributed by atoms with Crippen molar-refractivity contribution in [2.75, 3.05) is 12.4 Å². The van der Waals surface area contributed by atoms with E-state index in [0.717, 1.165) is 24.8 Å². The Labute approximate surface area is 200 Å². The fourth-order valence-corrected chi connectivity index (χ4v) is 5.28. The molecule has 0 spiro atoms. The number of carboxylic acids is 1. The standard InChI is InChI=1S/C25H28F3N3O4/c1-14-9-16(13-24(2,3)12-14)31-20-11-21(34-4)18(22(32)33)10-19(20)30-23(31)29-15-5-7-17(8-6-15)35-25(26,27)28/h5-8,10-11,14,16H,9,12-13H2,1-4H3,(H,29,30)(H,32,33)/t14-,16+/m0/s1. The van der Waals surface area contributed by atoms with Crippen molar-refractivity contribution >= 4 is 28.6 Å². The van der Waals surface area contributed by atoms with Crippen LogP contribution in [0.5, 0.6) is 11.5 Å². The fraction of sp³-hybridized carbons (Fsp3) is 0.440. The highest BCUT2D eigenvalue weighted by molar-refractivity contribution is 5.96. The minimum atomic E-state index is -4.77. The molecule has 2 atom stereocenters. The number of nitrogens with zero attached hydrogens (tertiary/aromatic N) is 2. The van der Waals surface area contributed by atoms with Crippen molar-refractivity contribution in [2.45, 2.75) is 52.4 Å². The lowest BCUT2D eigenvalue weighted by Gasteiger charge is -2.40. The molecule has 0 radical (unpaired) electrons. The fourth-order valence-electron chi connectivity index (χ4n) is 5.28. The van der Waals surface area contributed by atoms with Crippen LogP contribution in [0.25, 0.3) is 11.0 Å².